The predicted molar refractivity (Wildman–Crippen MR) is 109 cm³/mol. The Hall–Kier alpha value is -1.96. The zero-order valence-electron chi connectivity index (χ0n) is 16.6. The maximum Gasteiger partial charge on any atom is 0.292 e. The molecule has 8 heteroatoms. The quantitative estimate of drug-likeness (QED) is 0.543. The van der Waals surface area contributed by atoms with Gasteiger partial charge in [0.15, 0.2) is 11.6 Å². The second kappa shape index (κ2) is 8.05. The van der Waals surface area contributed by atoms with Crippen molar-refractivity contribution in [3.05, 3.63) is 29.3 Å². The van der Waals surface area contributed by atoms with Crippen LogP contribution in [0.4, 0.5) is 5.69 Å². The molecule has 1 aromatic carbocycles. The van der Waals surface area contributed by atoms with Crippen molar-refractivity contribution in [2.75, 3.05) is 31.1 Å². The average Bonchev–Trinajstić information content (AvgIpc) is 3.03. The smallest absolute Gasteiger partial charge is 0.292 e. The number of carbonyl (C=O) groups excluding carboxylic acids is 3. The van der Waals surface area contributed by atoms with E-state index in [1.54, 1.807) is 24.3 Å². The van der Waals surface area contributed by atoms with Crippen LogP contribution in [-0.2, 0) is 14.4 Å². The summed E-state index contributed by atoms with van der Waals surface area (Å²) >= 11 is 6.22. The van der Waals surface area contributed by atoms with Crippen LogP contribution in [-0.4, -0.2) is 55.5 Å². The van der Waals surface area contributed by atoms with Gasteiger partial charge in [-0.25, -0.2) is 4.90 Å². The minimum atomic E-state index is -0.530. The number of benzene rings is 1. The Kier molecular flexibility index (Phi) is 5.64. The molecule has 3 saturated heterocycles. The highest BCUT2D eigenvalue weighted by Gasteiger charge is 2.54. The standard InChI is InChI=1S/C21H27ClN4O3/c22-15-6-2-3-7-16(15)26-18(27)14-17(19(26)28)24-12-8-21(9-13-24,20(23)29)25-10-4-1-5-11-25/h2-3,6-7,17H,1,4-5,8-14H2,(H2,23,29)/p+2/t17-/m1/s1. The lowest BCUT2D eigenvalue weighted by molar-refractivity contribution is -0.978. The fourth-order valence-corrected chi connectivity index (χ4v) is 5.63. The van der Waals surface area contributed by atoms with Crippen molar-refractivity contribution in [1.82, 2.24) is 0 Å². The summed E-state index contributed by atoms with van der Waals surface area (Å²) in [5.41, 5.74) is 5.80. The first kappa shape index (κ1) is 20.3. The van der Waals surface area contributed by atoms with Gasteiger partial charge in [-0.1, -0.05) is 23.7 Å². The van der Waals surface area contributed by atoms with Gasteiger partial charge < -0.3 is 15.5 Å². The zero-order valence-corrected chi connectivity index (χ0v) is 17.3. The molecular weight excluding hydrogens is 392 g/mol. The fraction of sp³-hybridized carbons (Fsp3) is 0.571. The number of anilines is 1. The Morgan fingerprint density at radius 1 is 1.07 bits per heavy atom. The van der Waals surface area contributed by atoms with Gasteiger partial charge in [-0.15, -0.1) is 0 Å². The normalized spacial score (nSPS) is 31.3. The molecule has 0 spiro atoms. The van der Waals surface area contributed by atoms with E-state index in [1.807, 2.05) is 0 Å². The van der Waals surface area contributed by atoms with Crippen molar-refractivity contribution in [3.63, 3.8) is 0 Å². The van der Waals surface area contributed by atoms with Crippen LogP contribution in [0.25, 0.3) is 0 Å². The van der Waals surface area contributed by atoms with E-state index in [0.29, 0.717) is 36.6 Å². The summed E-state index contributed by atoms with van der Waals surface area (Å²) in [4.78, 5) is 41.8. The van der Waals surface area contributed by atoms with Gasteiger partial charge in [0, 0.05) is 0 Å². The Balaban J connectivity index is 1.48. The maximum atomic E-state index is 13.1. The summed E-state index contributed by atoms with van der Waals surface area (Å²) in [7, 11) is 0. The Morgan fingerprint density at radius 3 is 2.34 bits per heavy atom. The van der Waals surface area contributed by atoms with Crippen LogP contribution < -0.4 is 20.4 Å². The maximum absolute atomic E-state index is 13.1. The lowest BCUT2D eigenvalue weighted by Crippen LogP contribution is -3.27. The molecule has 3 aliphatic heterocycles. The molecule has 3 fully saturated rings. The number of para-hydroxylation sites is 1. The predicted octanol–water partition coefficient (Wildman–Crippen LogP) is -1.06. The highest BCUT2D eigenvalue weighted by Crippen LogP contribution is 2.29. The molecule has 0 bridgehead atoms. The number of halogens is 1. The molecule has 4 rings (SSSR count). The Morgan fingerprint density at radius 2 is 1.72 bits per heavy atom. The second-order valence-electron chi connectivity index (χ2n) is 8.54. The Labute approximate surface area is 175 Å². The lowest BCUT2D eigenvalue weighted by atomic mass is 9.83. The molecular formula is C21H29ClN4O3+2. The van der Waals surface area contributed by atoms with E-state index < -0.39 is 11.6 Å². The molecule has 29 heavy (non-hydrogen) atoms. The minimum Gasteiger partial charge on any atom is -0.364 e. The van der Waals surface area contributed by atoms with Gasteiger partial charge in [0.05, 0.1) is 56.2 Å². The number of carbonyl (C=O) groups is 3. The van der Waals surface area contributed by atoms with Crippen molar-refractivity contribution in [2.45, 2.75) is 50.1 Å². The third-order valence-electron chi connectivity index (χ3n) is 7.08. The lowest BCUT2D eigenvalue weighted by Gasteiger charge is -2.44. The summed E-state index contributed by atoms with van der Waals surface area (Å²) < 4.78 is 0. The minimum absolute atomic E-state index is 0.180. The van der Waals surface area contributed by atoms with E-state index in [0.717, 1.165) is 30.8 Å². The molecule has 3 amide bonds. The molecule has 0 radical (unpaired) electrons. The number of hydrogen-bond donors (Lipinski definition) is 3. The second-order valence-corrected chi connectivity index (χ2v) is 8.95. The highest BCUT2D eigenvalue weighted by molar-refractivity contribution is 6.36. The molecule has 3 heterocycles. The van der Waals surface area contributed by atoms with Gasteiger partial charge in [-0.05, 0) is 31.4 Å². The number of nitrogens with two attached hydrogens (primary N) is 1. The number of nitrogens with one attached hydrogen (secondary N) is 2. The molecule has 1 atom stereocenters. The van der Waals surface area contributed by atoms with Crippen molar-refractivity contribution in [3.8, 4) is 0 Å². The summed E-state index contributed by atoms with van der Waals surface area (Å²) in [5.74, 6) is -0.635. The summed E-state index contributed by atoms with van der Waals surface area (Å²) in [6.07, 6.45) is 4.98. The van der Waals surface area contributed by atoms with Crippen LogP contribution in [0.2, 0.25) is 5.02 Å². The fourth-order valence-electron chi connectivity index (χ4n) is 5.41. The molecule has 4 N–H and O–H groups in total. The molecule has 7 nitrogen and oxygen atoms in total. The van der Waals surface area contributed by atoms with Crippen molar-refractivity contribution < 1.29 is 24.2 Å². The van der Waals surface area contributed by atoms with Gasteiger partial charge in [0.2, 0.25) is 5.91 Å². The summed E-state index contributed by atoms with van der Waals surface area (Å²) in [6, 6.07) is 6.51. The summed E-state index contributed by atoms with van der Waals surface area (Å²) in [6.45, 7) is 3.32. The molecule has 1 aromatic rings. The molecule has 0 aliphatic carbocycles. The number of amides is 3. The molecule has 0 saturated carbocycles. The van der Waals surface area contributed by atoms with Gasteiger partial charge in [-0.2, -0.15) is 0 Å². The van der Waals surface area contributed by atoms with Crippen LogP contribution >= 0.6 is 11.6 Å². The highest BCUT2D eigenvalue weighted by atomic mass is 35.5. The van der Waals surface area contributed by atoms with E-state index >= 15 is 0 Å². The Bertz CT molecular complexity index is 816. The first-order chi connectivity index (χ1) is 13.9. The van der Waals surface area contributed by atoms with Crippen LogP contribution in [0.5, 0.6) is 0 Å². The number of nitrogens with zero attached hydrogens (tertiary/aromatic N) is 1. The van der Waals surface area contributed by atoms with E-state index in [2.05, 4.69) is 0 Å². The average molecular weight is 421 g/mol. The summed E-state index contributed by atoms with van der Waals surface area (Å²) in [5, 5.41) is 0.393. The van der Waals surface area contributed by atoms with Crippen molar-refractivity contribution >= 4 is 35.0 Å². The van der Waals surface area contributed by atoms with Gasteiger partial charge >= 0.3 is 0 Å². The van der Waals surface area contributed by atoms with E-state index in [1.165, 1.54) is 16.2 Å². The number of imide groups is 1. The molecule has 156 valence electrons. The molecule has 0 aromatic heterocycles. The van der Waals surface area contributed by atoms with Crippen LogP contribution in [0.15, 0.2) is 24.3 Å². The first-order valence-corrected chi connectivity index (χ1v) is 10.9. The van der Waals surface area contributed by atoms with Gasteiger partial charge in [0.1, 0.15) is 0 Å². The SMILES string of the molecule is NC(=O)C1([NH+]2CCCCC2)CC[NH+]([C@@H]2CC(=O)N(c3ccccc3Cl)C2=O)CC1. The number of piperidine rings is 2. The van der Waals surface area contributed by atoms with Crippen LogP contribution in [0, 0.1) is 0 Å². The van der Waals surface area contributed by atoms with E-state index in [-0.39, 0.29) is 24.1 Å². The van der Waals surface area contributed by atoms with Gasteiger partial charge in [0.25, 0.3) is 11.8 Å². The number of likely N-dealkylation sites (tertiary alicyclic amines) is 2. The first-order valence-electron chi connectivity index (χ1n) is 10.5. The number of rotatable bonds is 4. The molecule has 0 unspecified atom stereocenters. The largest absolute Gasteiger partial charge is 0.364 e. The van der Waals surface area contributed by atoms with E-state index in [9.17, 15) is 14.4 Å². The number of quaternary nitrogens is 2. The third kappa shape index (κ3) is 3.56. The number of primary amides is 1. The van der Waals surface area contributed by atoms with E-state index in [4.69, 9.17) is 17.3 Å². The van der Waals surface area contributed by atoms with Crippen molar-refractivity contribution in [2.24, 2.45) is 5.73 Å². The zero-order chi connectivity index (χ0) is 20.6. The third-order valence-corrected chi connectivity index (χ3v) is 7.40. The molecule has 3 aliphatic rings. The van der Waals surface area contributed by atoms with Gasteiger partial charge in [-0.3, -0.25) is 14.4 Å². The van der Waals surface area contributed by atoms with Crippen LogP contribution in [0.1, 0.15) is 38.5 Å². The topological polar surface area (TPSA) is 89.3 Å². The number of hydrogen-bond acceptors (Lipinski definition) is 3. The van der Waals surface area contributed by atoms with Crippen LogP contribution in [0.3, 0.4) is 0 Å². The monoisotopic (exact) mass is 420 g/mol. The van der Waals surface area contributed by atoms with Crippen molar-refractivity contribution in [1.29, 1.82) is 0 Å².